The molecule has 10 heavy (non-hydrogen) atoms. The Morgan fingerprint density at radius 3 is 2.80 bits per heavy atom. The number of hydrogen-bond acceptors (Lipinski definition) is 1. The van der Waals surface area contributed by atoms with Crippen molar-refractivity contribution >= 4 is 0 Å². The minimum atomic E-state index is 0. The maximum atomic E-state index is 8.90. The number of rotatable bonds is 1. The lowest BCUT2D eigenvalue weighted by Crippen LogP contribution is -2.03. The van der Waals surface area contributed by atoms with Gasteiger partial charge < -0.3 is 5.11 Å². The van der Waals surface area contributed by atoms with Crippen LogP contribution in [0.2, 0.25) is 0 Å². The van der Waals surface area contributed by atoms with Gasteiger partial charge in [0.1, 0.15) is 0 Å². The first-order valence-corrected chi connectivity index (χ1v) is 4.43. The molecule has 0 aliphatic heterocycles. The maximum Gasteiger partial charge on any atom is 0.0459 e. The summed E-state index contributed by atoms with van der Waals surface area (Å²) in [5.41, 5.74) is 0. The summed E-state index contributed by atoms with van der Waals surface area (Å²) in [7, 11) is 0. The smallest absolute Gasteiger partial charge is 0.0459 e. The third kappa shape index (κ3) is 2.30. The van der Waals surface area contributed by atoms with Gasteiger partial charge in [0.2, 0.25) is 0 Å². The van der Waals surface area contributed by atoms with Crippen LogP contribution in [0, 0.1) is 11.8 Å². The zero-order chi connectivity index (χ0) is 7.40. The fourth-order valence-electron chi connectivity index (χ4n) is 1.75. The predicted molar refractivity (Wildman–Crippen MR) is 44.9 cm³/mol. The molecule has 2 atom stereocenters. The van der Waals surface area contributed by atoms with Gasteiger partial charge in [-0.25, -0.2) is 0 Å². The van der Waals surface area contributed by atoms with E-state index in [4.69, 9.17) is 5.11 Å². The molecule has 0 amide bonds. The van der Waals surface area contributed by atoms with Crippen molar-refractivity contribution in [3.8, 4) is 0 Å². The quantitative estimate of drug-likeness (QED) is 0.560. The molecular formula is C9H20O. The molecule has 1 fully saturated rings. The van der Waals surface area contributed by atoms with Gasteiger partial charge in [-0.15, -0.1) is 0 Å². The van der Waals surface area contributed by atoms with Crippen LogP contribution in [0.1, 0.15) is 40.5 Å². The molecule has 62 valence electrons. The lowest BCUT2D eigenvalue weighted by Gasteiger charge is -2.08. The summed E-state index contributed by atoms with van der Waals surface area (Å²) < 4.78 is 0. The monoisotopic (exact) mass is 144 g/mol. The van der Waals surface area contributed by atoms with E-state index in [1.54, 1.807) is 0 Å². The Kier molecular flexibility index (Phi) is 3.20. The van der Waals surface area contributed by atoms with E-state index in [0.717, 1.165) is 5.92 Å². The fourth-order valence-corrected chi connectivity index (χ4v) is 1.75. The summed E-state index contributed by atoms with van der Waals surface area (Å²) >= 11 is 0. The summed E-state index contributed by atoms with van der Waals surface area (Å²) in [5, 5.41) is 8.90. The van der Waals surface area contributed by atoms with E-state index >= 15 is 0 Å². The normalized spacial score (nSPS) is 35.4. The second-order valence-electron chi connectivity index (χ2n) is 3.66. The molecule has 0 aromatic heterocycles. The lowest BCUT2D eigenvalue weighted by molar-refractivity contribution is 0.211. The van der Waals surface area contributed by atoms with Crippen molar-refractivity contribution in [2.24, 2.45) is 11.8 Å². The van der Waals surface area contributed by atoms with Crippen LogP contribution in [0.4, 0.5) is 0 Å². The SMILES string of the molecule is CC1CCCC(CO)CC1.[HH]. The molecule has 1 aliphatic carbocycles. The van der Waals surface area contributed by atoms with Crippen LogP contribution in [0.15, 0.2) is 0 Å². The highest BCUT2D eigenvalue weighted by Crippen LogP contribution is 2.26. The van der Waals surface area contributed by atoms with Crippen LogP contribution in [0.3, 0.4) is 0 Å². The highest BCUT2D eigenvalue weighted by Gasteiger charge is 2.14. The third-order valence-corrected chi connectivity index (χ3v) is 2.64. The number of hydrogen-bond donors (Lipinski definition) is 1. The van der Waals surface area contributed by atoms with E-state index in [1.165, 1.54) is 32.1 Å². The molecule has 1 N–H and O–H groups in total. The van der Waals surface area contributed by atoms with Crippen molar-refractivity contribution < 1.29 is 6.53 Å². The van der Waals surface area contributed by atoms with E-state index in [9.17, 15) is 0 Å². The van der Waals surface area contributed by atoms with Crippen LogP contribution in [0.5, 0.6) is 0 Å². The van der Waals surface area contributed by atoms with Crippen LogP contribution >= 0.6 is 0 Å². The molecule has 1 aliphatic rings. The first-order valence-electron chi connectivity index (χ1n) is 4.43. The zero-order valence-electron chi connectivity index (χ0n) is 6.84. The van der Waals surface area contributed by atoms with Crippen molar-refractivity contribution in [1.82, 2.24) is 0 Å². The molecule has 2 unspecified atom stereocenters. The minimum Gasteiger partial charge on any atom is -0.396 e. The standard InChI is InChI=1S/C9H18O.H2/c1-8-3-2-4-9(7-10)6-5-8;/h8-10H,2-7H2,1H3;1H. The molecule has 1 nitrogen and oxygen atoms in total. The van der Waals surface area contributed by atoms with E-state index in [1.807, 2.05) is 0 Å². The summed E-state index contributed by atoms with van der Waals surface area (Å²) in [4.78, 5) is 0. The molecule has 1 heteroatoms. The first-order chi connectivity index (χ1) is 4.83. The molecule has 0 bridgehead atoms. The number of aliphatic hydroxyl groups excluding tert-OH is 1. The van der Waals surface area contributed by atoms with Crippen LogP contribution < -0.4 is 0 Å². The molecule has 0 heterocycles. The molecule has 0 aromatic carbocycles. The molecule has 0 aromatic rings. The van der Waals surface area contributed by atoms with Crippen LogP contribution in [0.25, 0.3) is 0 Å². The Morgan fingerprint density at radius 1 is 1.30 bits per heavy atom. The van der Waals surface area contributed by atoms with Gasteiger partial charge >= 0.3 is 0 Å². The summed E-state index contributed by atoms with van der Waals surface area (Å²) in [5.74, 6) is 1.52. The highest BCUT2D eigenvalue weighted by molar-refractivity contribution is 4.66. The average Bonchev–Trinajstić information content (AvgIpc) is 2.14. The summed E-state index contributed by atoms with van der Waals surface area (Å²) in [6.45, 7) is 2.73. The molecule has 0 spiro atoms. The Bertz CT molecular complexity index is 95.6. The van der Waals surface area contributed by atoms with Crippen molar-refractivity contribution in [3.05, 3.63) is 0 Å². The Balaban J connectivity index is 0.000001000. The van der Waals surface area contributed by atoms with Gasteiger partial charge in [-0.3, -0.25) is 0 Å². The predicted octanol–water partition coefficient (Wildman–Crippen LogP) is 2.44. The van der Waals surface area contributed by atoms with E-state index in [2.05, 4.69) is 6.92 Å². The van der Waals surface area contributed by atoms with E-state index in [0.29, 0.717) is 12.5 Å². The van der Waals surface area contributed by atoms with E-state index in [-0.39, 0.29) is 1.43 Å². The highest BCUT2D eigenvalue weighted by atomic mass is 16.3. The summed E-state index contributed by atoms with van der Waals surface area (Å²) in [6, 6.07) is 0. The van der Waals surface area contributed by atoms with Gasteiger partial charge in [0.15, 0.2) is 0 Å². The zero-order valence-corrected chi connectivity index (χ0v) is 6.84. The molecule has 0 radical (unpaired) electrons. The summed E-state index contributed by atoms with van der Waals surface area (Å²) in [6.07, 6.45) is 6.52. The topological polar surface area (TPSA) is 20.2 Å². The van der Waals surface area contributed by atoms with Crippen molar-refractivity contribution in [1.29, 1.82) is 0 Å². The average molecular weight is 144 g/mol. The van der Waals surface area contributed by atoms with Gasteiger partial charge in [-0.05, 0) is 24.7 Å². The largest absolute Gasteiger partial charge is 0.396 e. The van der Waals surface area contributed by atoms with Crippen molar-refractivity contribution in [2.45, 2.75) is 39.0 Å². The Hall–Kier alpha value is -0.0400. The van der Waals surface area contributed by atoms with Gasteiger partial charge in [-0.1, -0.05) is 26.2 Å². The van der Waals surface area contributed by atoms with Gasteiger partial charge in [0, 0.05) is 8.03 Å². The second kappa shape index (κ2) is 3.97. The van der Waals surface area contributed by atoms with Crippen molar-refractivity contribution in [2.75, 3.05) is 6.61 Å². The Labute approximate surface area is 64.9 Å². The second-order valence-corrected chi connectivity index (χ2v) is 3.66. The van der Waals surface area contributed by atoms with Crippen LogP contribution in [-0.2, 0) is 0 Å². The van der Waals surface area contributed by atoms with E-state index < -0.39 is 0 Å². The van der Waals surface area contributed by atoms with Crippen LogP contribution in [-0.4, -0.2) is 11.7 Å². The fraction of sp³-hybridized carbons (Fsp3) is 1.00. The first kappa shape index (κ1) is 8.06. The molecule has 1 rings (SSSR count). The van der Waals surface area contributed by atoms with Crippen molar-refractivity contribution in [3.63, 3.8) is 0 Å². The Morgan fingerprint density at radius 2 is 2.10 bits per heavy atom. The van der Waals surface area contributed by atoms with Gasteiger partial charge in [0.25, 0.3) is 0 Å². The van der Waals surface area contributed by atoms with Gasteiger partial charge in [-0.2, -0.15) is 0 Å². The maximum absolute atomic E-state index is 8.90. The minimum absolute atomic E-state index is 0. The third-order valence-electron chi connectivity index (χ3n) is 2.64. The lowest BCUT2D eigenvalue weighted by atomic mass is 10.0. The number of aliphatic hydroxyl groups is 1. The van der Waals surface area contributed by atoms with Gasteiger partial charge in [0.05, 0.1) is 0 Å². The molecule has 1 saturated carbocycles. The molecule has 0 saturated heterocycles. The molecular weight excluding hydrogens is 124 g/mol.